The highest BCUT2D eigenvalue weighted by Gasteiger charge is 2.13. The Morgan fingerprint density at radius 1 is 1.06 bits per heavy atom. The minimum Gasteiger partial charge on any atom is -0.376 e. The zero-order valence-corrected chi connectivity index (χ0v) is 9.73. The quantitative estimate of drug-likeness (QED) is 0.710. The van der Waals surface area contributed by atoms with Crippen LogP contribution in [0.15, 0.2) is 30.3 Å². The Morgan fingerprint density at radius 3 is 2.69 bits per heavy atom. The zero-order valence-electron chi connectivity index (χ0n) is 9.73. The van der Waals surface area contributed by atoms with Crippen molar-refractivity contribution in [3.8, 4) is 0 Å². The van der Waals surface area contributed by atoms with E-state index in [2.05, 4.69) is 30.3 Å². The van der Waals surface area contributed by atoms with E-state index in [0.717, 1.165) is 26.2 Å². The number of aryl methyl sites for hydroxylation is 1. The molecule has 0 saturated carbocycles. The van der Waals surface area contributed by atoms with Crippen molar-refractivity contribution in [2.45, 2.75) is 31.8 Å². The molecule has 16 heavy (non-hydrogen) atoms. The van der Waals surface area contributed by atoms with Gasteiger partial charge in [-0.15, -0.1) is 0 Å². The molecular weight excluding hydrogens is 200 g/mol. The molecule has 0 N–H and O–H groups in total. The van der Waals surface area contributed by atoms with Crippen LogP contribution >= 0.6 is 0 Å². The Bertz CT molecular complexity index is 278. The van der Waals surface area contributed by atoms with Gasteiger partial charge in [-0.05, 0) is 24.8 Å². The molecule has 0 radical (unpaired) electrons. The maximum Gasteiger partial charge on any atom is 0.0809 e. The number of ether oxygens (including phenoxy) is 2. The van der Waals surface area contributed by atoms with Crippen LogP contribution in [0.1, 0.15) is 24.8 Å². The topological polar surface area (TPSA) is 18.5 Å². The Balaban J connectivity index is 1.58. The van der Waals surface area contributed by atoms with Gasteiger partial charge in [-0.25, -0.2) is 0 Å². The number of hydrogen-bond acceptors (Lipinski definition) is 2. The normalized spacial score (nSPS) is 20.9. The Morgan fingerprint density at radius 2 is 1.94 bits per heavy atom. The number of hydrogen-bond donors (Lipinski definition) is 0. The van der Waals surface area contributed by atoms with Crippen LogP contribution in [0, 0.1) is 0 Å². The summed E-state index contributed by atoms with van der Waals surface area (Å²) in [4.78, 5) is 0. The number of unbranched alkanes of at least 4 members (excludes halogenated alkanes) is 1. The molecule has 1 aromatic carbocycles. The van der Waals surface area contributed by atoms with Crippen molar-refractivity contribution in [3.63, 3.8) is 0 Å². The van der Waals surface area contributed by atoms with Gasteiger partial charge < -0.3 is 9.47 Å². The van der Waals surface area contributed by atoms with E-state index in [4.69, 9.17) is 9.47 Å². The van der Waals surface area contributed by atoms with Gasteiger partial charge in [0, 0.05) is 0 Å². The van der Waals surface area contributed by atoms with E-state index in [0.29, 0.717) is 6.10 Å². The van der Waals surface area contributed by atoms with Crippen LogP contribution in [-0.2, 0) is 15.9 Å². The van der Waals surface area contributed by atoms with Gasteiger partial charge in [-0.3, -0.25) is 0 Å². The summed E-state index contributed by atoms with van der Waals surface area (Å²) in [6, 6.07) is 10.7. The number of benzene rings is 1. The van der Waals surface area contributed by atoms with Gasteiger partial charge in [-0.1, -0.05) is 36.8 Å². The summed E-state index contributed by atoms with van der Waals surface area (Å²) in [6.07, 6.45) is 5.11. The predicted molar refractivity (Wildman–Crippen MR) is 64.6 cm³/mol. The van der Waals surface area contributed by atoms with Crippen LogP contribution in [0.4, 0.5) is 0 Å². The summed E-state index contributed by atoms with van der Waals surface area (Å²) in [7, 11) is 0. The van der Waals surface area contributed by atoms with Crippen molar-refractivity contribution in [2.24, 2.45) is 0 Å². The third kappa shape index (κ3) is 3.95. The minimum atomic E-state index is 0.338. The first-order chi connectivity index (χ1) is 7.95. The fourth-order valence-corrected chi connectivity index (χ4v) is 2.05. The molecule has 0 aliphatic carbocycles. The Labute approximate surface area is 97.6 Å². The van der Waals surface area contributed by atoms with E-state index in [1.165, 1.54) is 24.8 Å². The highest BCUT2D eigenvalue weighted by molar-refractivity contribution is 5.14. The summed E-state index contributed by atoms with van der Waals surface area (Å²) < 4.78 is 11.0. The molecule has 2 nitrogen and oxygen atoms in total. The molecule has 1 fully saturated rings. The summed E-state index contributed by atoms with van der Waals surface area (Å²) >= 11 is 0. The first-order valence-corrected chi connectivity index (χ1v) is 6.18. The summed E-state index contributed by atoms with van der Waals surface area (Å²) in [6.45, 7) is 2.31. The monoisotopic (exact) mass is 220 g/mol. The second-order valence-corrected chi connectivity index (χ2v) is 4.30. The highest BCUT2D eigenvalue weighted by Crippen LogP contribution is 2.11. The van der Waals surface area contributed by atoms with Crippen molar-refractivity contribution >= 4 is 0 Å². The average Bonchev–Trinajstić information content (AvgIpc) is 2.37. The minimum absolute atomic E-state index is 0.338. The van der Waals surface area contributed by atoms with Crippen molar-refractivity contribution in [3.05, 3.63) is 35.9 Å². The van der Waals surface area contributed by atoms with Crippen LogP contribution in [0.5, 0.6) is 0 Å². The second kappa shape index (κ2) is 6.66. The molecule has 1 aliphatic rings. The van der Waals surface area contributed by atoms with Gasteiger partial charge >= 0.3 is 0 Å². The van der Waals surface area contributed by atoms with E-state index in [9.17, 15) is 0 Å². The summed E-state index contributed by atoms with van der Waals surface area (Å²) in [5, 5.41) is 0. The van der Waals surface area contributed by atoms with Crippen LogP contribution in [0.25, 0.3) is 0 Å². The molecule has 1 heterocycles. The smallest absolute Gasteiger partial charge is 0.0809 e. The molecule has 0 spiro atoms. The van der Waals surface area contributed by atoms with Crippen molar-refractivity contribution in [1.82, 2.24) is 0 Å². The predicted octanol–water partition coefficient (Wildman–Crippen LogP) is 2.81. The van der Waals surface area contributed by atoms with Crippen LogP contribution < -0.4 is 0 Å². The van der Waals surface area contributed by atoms with Crippen molar-refractivity contribution in [2.75, 3.05) is 19.8 Å². The molecule has 88 valence electrons. The molecule has 1 saturated heterocycles. The lowest BCUT2D eigenvalue weighted by Crippen LogP contribution is -2.28. The van der Waals surface area contributed by atoms with Gasteiger partial charge in [0.05, 0.1) is 25.9 Å². The molecule has 1 aliphatic heterocycles. The molecule has 2 heteroatoms. The van der Waals surface area contributed by atoms with Gasteiger partial charge in [0.2, 0.25) is 0 Å². The van der Waals surface area contributed by atoms with Crippen molar-refractivity contribution < 1.29 is 9.47 Å². The lowest BCUT2D eigenvalue weighted by atomic mass is 10.1. The largest absolute Gasteiger partial charge is 0.376 e. The molecule has 1 aromatic rings. The van der Waals surface area contributed by atoms with E-state index < -0.39 is 0 Å². The summed E-state index contributed by atoms with van der Waals surface area (Å²) in [5.74, 6) is 0. The Hall–Kier alpha value is -0.860. The van der Waals surface area contributed by atoms with Crippen LogP contribution in [0.2, 0.25) is 0 Å². The highest BCUT2D eigenvalue weighted by atomic mass is 16.6. The molecule has 0 aromatic heterocycles. The first-order valence-electron chi connectivity index (χ1n) is 6.18. The van der Waals surface area contributed by atoms with Gasteiger partial charge in [-0.2, -0.15) is 0 Å². The van der Waals surface area contributed by atoms with Gasteiger partial charge in [0.15, 0.2) is 0 Å². The van der Waals surface area contributed by atoms with Crippen LogP contribution in [-0.4, -0.2) is 25.9 Å². The standard InChI is InChI=1S/C14H20O2/c1-2-6-13(7-3-1)8-4-5-9-14-12-15-10-11-16-14/h1-3,6-7,14H,4-5,8-12H2/t14-/m1/s1. The first kappa shape index (κ1) is 11.6. The molecule has 0 amide bonds. The van der Waals surface area contributed by atoms with Crippen molar-refractivity contribution in [1.29, 1.82) is 0 Å². The van der Waals surface area contributed by atoms with Crippen LogP contribution in [0.3, 0.4) is 0 Å². The third-order valence-corrected chi connectivity index (χ3v) is 2.97. The van der Waals surface area contributed by atoms with E-state index in [1.807, 2.05) is 0 Å². The molecule has 1 atom stereocenters. The lowest BCUT2D eigenvalue weighted by Gasteiger charge is -2.22. The van der Waals surface area contributed by atoms with E-state index in [1.54, 1.807) is 0 Å². The Kier molecular flexibility index (Phi) is 4.84. The molecule has 0 unspecified atom stereocenters. The number of rotatable bonds is 5. The average molecular weight is 220 g/mol. The maximum absolute atomic E-state index is 5.61. The second-order valence-electron chi connectivity index (χ2n) is 4.30. The van der Waals surface area contributed by atoms with Gasteiger partial charge in [0.1, 0.15) is 0 Å². The molecular formula is C14H20O2. The van der Waals surface area contributed by atoms with E-state index in [-0.39, 0.29) is 0 Å². The van der Waals surface area contributed by atoms with Gasteiger partial charge in [0.25, 0.3) is 0 Å². The van der Waals surface area contributed by atoms with E-state index >= 15 is 0 Å². The summed E-state index contributed by atoms with van der Waals surface area (Å²) in [5.41, 5.74) is 1.43. The third-order valence-electron chi connectivity index (χ3n) is 2.97. The fourth-order valence-electron chi connectivity index (χ4n) is 2.05. The maximum atomic E-state index is 5.61. The zero-order chi connectivity index (χ0) is 11.1. The fraction of sp³-hybridized carbons (Fsp3) is 0.571. The SMILES string of the molecule is c1ccc(CCCC[C@@H]2COCCO2)cc1. The molecule has 0 bridgehead atoms. The lowest BCUT2D eigenvalue weighted by molar-refractivity contribution is -0.0911. The molecule has 2 rings (SSSR count).